The Morgan fingerprint density at radius 1 is 1.20 bits per heavy atom. The van der Waals surface area contributed by atoms with Crippen molar-refractivity contribution in [3.05, 3.63) is 18.5 Å². The van der Waals surface area contributed by atoms with Gasteiger partial charge >= 0.3 is 0 Å². The number of hydrogen-bond donors (Lipinski definition) is 0. The van der Waals surface area contributed by atoms with Crippen LogP contribution in [0.25, 0.3) is 0 Å². The third-order valence-electron chi connectivity index (χ3n) is 2.77. The van der Waals surface area contributed by atoms with Gasteiger partial charge in [-0.05, 0) is 51.4 Å². The Hall–Kier alpha value is -1.03. The molecule has 2 rings (SSSR count). The molecule has 0 N–H and O–H groups in total. The molecule has 1 aliphatic heterocycles. The largest absolute Gasteiger partial charge is 0.397 e. The zero-order chi connectivity index (χ0) is 10.3. The fraction of sp³-hybridized carbons (Fsp3) is 0.727. The van der Waals surface area contributed by atoms with Gasteiger partial charge in [-0.25, -0.2) is 0 Å². The zero-order valence-electron chi connectivity index (χ0n) is 9.14. The van der Waals surface area contributed by atoms with Crippen molar-refractivity contribution >= 4 is 0 Å². The first-order valence-corrected chi connectivity index (χ1v) is 5.80. The second-order valence-electron chi connectivity index (χ2n) is 4.00. The minimum Gasteiger partial charge on any atom is -0.397 e. The fourth-order valence-corrected chi connectivity index (χ4v) is 1.93. The second kappa shape index (κ2) is 5.75. The van der Waals surface area contributed by atoms with Crippen LogP contribution in [0.1, 0.15) is 25.7 Å². The summed E-state index contributed by atoms with van der Waals surface area (Å²) in [6.07, 6.45) is 8.63. The molecule has 84 valence electrons. The van der Waals surface area contributed by atoms with Gasteiger partial charge in [-0.2, -0.15) is 0 Å². The second-order valence-corrected chi connectivity index (χ2v) is 4.00. The van der Waals surface area contributed by atoms with Gasteiger partial charge in [0, 0.05) is 0 Å². The van der Waals surface area contributed by atoms with E-state index in [-0.39, 0.29) is 0 Å². The summed E-state index contributed by atoms with van der Waals surface area (Å²) < 4.78 is 0. The van der Waals surface area contributed by atoms with Gasteiger partial charge in [-0.15, -0.1) is 9.94 Å². The minimum atomic E-state index is 0.759. The summed E-state index contributed by atoms with van der Waals surface area (Å²) in [5.41, 5.74) is 0. The molecule has 1 saturated heterocycles. The molecule has 0 amide bonds. The van der Waals surface area contributed by atoms with Crippen LogP contribution in [0.4, 0.5) is 0 Å². The van der Waals surface area contributed by atoms with E-state index in [1.165, 1.54) is 43.7 Å². The van der Waals surface area contributed by atoms with Crippen LogP contribution in [-0.4, -0.2) is 41.1 Å². The monoisotopic (exact) mass is 209 g/mol. The third kappa shape index (κ3) is 3.55. The highest BCUT2D eigenvalue weighted by atomic mass is 16.7. The predicted molar refractivity (Wildman–Crippen MR) is 58.6 cm³/mol. The molecule has 15 heavy (non-hydrogen) atoms. The van der Waals surface area contributed by atoms with E-state index in [0.29, 0.717) is 0 Å². The van der Waals surface area contributed by atoms with Crippen LogP contribution in [0.15, 0.2) is 18.5 Å². The molecule has 0 aliphatic carbocycles. The van der Waals surface area contributed by atoms with Crippen LogP contribution >= 0.6 is 0 Å². The normalized spacial score (nSPS) is 17.1. The van der Waals surface area contributed by atoms with Crippen LogP contribution in [0.2, 0.25) is 0 Å². The minimum absolute atomic E-state index is 0.759. The highest BCUT2D eigenvalue weighted by Crippen LogP contribution is 2.07. The Bertz CT molecular complexity index is 255. The molecule has 4 nitrogen and oxygen atoms in total. The molecule has 0 spiro atoms. The number of hydrogen-bond acceptors (Lipinski definition) is 3. The summed E-state index contributed by atoms with van der Waals surface area (Å²) in [5, 5.41) is 3.98. The maximum Gasteiger partial charge on any atom is 0.117 e. The Balaban J connectivity index is 1.48. The smallest absolute Gasteiger partial charge is 0.117 e. The summed E-state index contributed by atoms with van der Waals surface area (Å²) in [6.45, 7) is 4.57. The lowest BCUT2D eigenvalue weighted by atomic mass is 10.3. The van der Waals surface area contributed by atoms with Crippen LogP contribution in [-0.2, 0) is 0 Å². The Kier molecular flexibility index (Phi) is 4.02. The Morgan fingerprint density at radius 3 is 2.80 bits per heavy atom. The number of nitrogens with zero attached hydrogens (tertiary/aromatic N) is 3. The van der Waals surface area contributed by atoms with Crippen LogP contribution in [0.5, 0.6) is 0 Å². The standard InChI is InChI=1S/C11H19N3O/c1-2-8-13(7-1)9-3-4-11-15-14-10-5-6-12-14/h5-6,10H,1-4,7-9,11H2. The van der Waals surface area contributed by atoms with Crippen LogP contribution in [0, 0.1) is 0 Å². The first-order valence-electron chi connectivity index (χ1n) is 5.80. The summed E-state index contributed by atoms with van der Waals surface area (Å²) in [5.74, 6) is 0. The van der Waals surface area contributed by atoms with E-state index in [1.54, 1.807) is 6.20 Å². The first-order chi connectivity index (χ1) is 7.45. The van der Waals surface area contributed by atoms with Gasteiger partial charge in [0.25, 0.3) is 0 Å². The molecule has 1 aliphatic rings. The molecule has 1 fully saturated rings. The molecule has 0 atom stereocenters. The van der Waals surface area contributed by atoms with E-state index >= 15 is 0 Å². The van der Waals surface area contributed by atoms with Crippen molar-refractivity contribution in [3.63, 3.8) is 0 Å². The Morgan fingerprint density at radius 2 is 2.07 bits per heavy atom. The Labute approximate surface area is 90.8 Å². The molecule has 1 aromatic rings. The molecule has 2 heterocycles. The summed E-state index contributed by atoms with van der Waals surface area (Å²) in [6, 6.07) is 1.87. The zero-order valence-corrected chi connectivity index (χ0v) is 9.14. The number of likely N-dealkylation sites (tertiary alicyclic amines) is 1. The van der Waals surface area contributed by atoms with E-state index in [2.05, 4.69) is 10.00 Å². The summed E-state index contributed by atoms with van der Waals surface area (Å²) in [7, 11) is 0. The molecule has 0 aromatic carbocycles. The number of aromatic nitrogens is 2. The van der Waals surface area contributed by atoms with Crippen molar-refractivity contribution in [2.24, 2.45) is 0 Å². The van der Waals surface area contributed by atoms with Gasteiger partial charge < -0.3 is 9.74 Å². The maximum atomic E-state index is 5.40. The van der Waals surface area contributed by atoms with E-state index in [0.717, 1.165) is 13.0 Å². The van der Waals surface area contributed by atoms with Gasteiger partial charge in [0.1, 0.15) is 6.61 Å². The van der Waals surface area contributed by atoms with E-state index < -0.39 is 0 Å². The van der Waals surface area contributed by atoms with Crippen molar-refractivity contribution in [3.8, 4) is 0 Å². The molecular weight excluding hydrogens is 190 g/mol. The average molecular weight is 209 g/mol. The number of rotatable bonds is 6. The van der Waals surface area contributed by atoms with Crippen LogP contribution in [0.3, 0.4) is 0 Å². The molecule has 0 bridgehead atoms. The topological polar surface area (TPSA) is 30.3 Å². The van der Waals surface area contributed by atoms with E-state index in [9.17, 15) is 0 Å². The van der Waals surface area contributed by atoms with Crippen molar-refractivity contribution in [2.45, 2.75) is 25.7 Å². The molecule has 0 unspecified atom stereocenters. The van der Waals surface area contributed by atoms with Gasteiger partial charge in [-0.3, -0.25) is 0 Å². The third-order valence-corrected chi connectivity index (χ3v) is 2.77. The van der Waals surface area contributed by atoms with E-state index in [4.69, 9.17) is 4.84 Å². The summed E-state index contributed by atoms with van der Waals surface area (Å²) in [4.78, 5) is 9.46. The molecule has 0 radical (unpaired) electrons. The summed E-state index contributed by atoms with van der Waals surface area (Å²) >= 11 is 0. The van der Waals surface area contributed by atoms with Gasteiger partial charge in [0.15, 0.2) is 0 Å². The van der Waals surface area contributed by atoms with Crippen molar-refractivity contribution < 1.29 is 4.84 Å². The SMILES string of the molecule is c1cnn(OCCCCN2CCCC2)c1. The molecular formula is C11H19N3O. The molecule has 4 heteroatoms. The van der Waals surface area contributed by atoms with Gasteiger partial charge in [0.2, 0.25) is 0 Å². The number of unbranched alkanes of at least 4 members (excludes halogenated alkanes) is 1. The molecule has 0 saturated carbocycles. The molecule has 1 aromatic heterocycles. The van der Waals surface area contributed by atoms with Crippen LogP contribution < -0.4 is 4.84 Å². The maximum absolute atomic E-state index is 5.40. The highest BCUT2D eigenvalue weighted by Gasteiger charge is 2.09. The van der Waals surface area contributed by atoms with Crippen molar-refractivity contribution in [1.82, 2.24) is 14.8 Å². The van der Waals surface area contributed by atoms with Crippen molar-refractivity contribution in [2.75, 3.05) is 26.2 Å². The lowest BCUT2D eigenvalue weighted by Gasteiger charge is -2.13. The van der Waals surface area contributed by atoms with Gasteiger partial charge in [-0.1, -0.05) is 0 Å². The fourth-order valence-electron chi connectivity index (χ4n) is 1.93. The average Bonchev–Trinajstić information content (AvgIpc) is 2.88. The lowest BCUT2D eigenvalue weighted by molar-refractivity contribution is 0.0783. The quantitative estimate of drug-likeness (QED) is 0.659. The highest BCUT2D eigenvalue weighted by molar-refractivity contribution is 4.75. The lowest BCUT2D eigenvalue weighted by Crippen LogP contribution is -2.21. The van der Waals surface area contributed by atoms with Gasteiger partial charge in [0.05, 0.1) is 12.4 Å². The predicted octanol–water partition coefficient (Wildman–Crippen LogP) is 1.19. The van der Waals surface area contributed by atoms with E-state index in [1.807, 2.05) is 12.3 Å². The first kappa shape index (κ1) is 10.5. The van der Waals surface area contributed by atoms with Crippen molar-refractivity contribution in [1.29, 1.82) is 0 Å².